The Balaban J connectivity index is 2.75. The van der Waals surface area contributed by atoms with Crippen LogP contribution in [0.25, 0.3) is 0 Å². The summed E-state index contributed by atoms with van der Waals surface area (Å²) in [5.41, 5.74) is 2.46. The molecule has 1 N–H and O–H groups in total. The molecule has 0 aromatic heterocycles. The third-order valence-electron chi connectivity index (χ3n) is 3.70. The molecule has 100 valence electrons. The third kappa shape index (κ3) is 3.70. The van der Waals surface area contributed by atoms with Gasteiger partial charge in [0.15, 0.2) is 5.11 Å². The van der Waals surface area contributed by atoms with Crippen molar-refractivity contribution in [3.05, 3.63) is 29.8 Å². The van der Waals surface area contributed by atoms with Crippen LogP contribution < -0.4 is 10.2 Å². The highest BCUT2D eigenvalue weighted by atomic mass is 32.1. The van der Waals surface area contributed by atoms with E-state index < -0.39 is 0 Å². The van der Waals surface area contributed by atoms with Gasteiger partial charge in [0.05, 0.1) is 0 Å². The lowest BCUT2D eigenvalue weighted by molar-refractivity contribution is 0.389. The molecule has 0 spiro atoms. The summed E-state index contributed by atoms with van der Waals surface area (Å²) in [6, 6.07) is 8.40. The lowest BCUT2D eigenvalue weighted by Crippen LogP contribution is -2.50. The zero-order chi connectivity index (χ0) is 13.8. The molecule has 1 aromatic rings. The van der Waals surface area contributed by atoms with Crippen molar-refractivity contribution in [1.82, 2.24) is 5.32 Å². The average molecular weight is 264 g/mol. The summed E-state index contributed by atoms with van der Waals surface area (Å²) >= 11 is 5.49. The fourth-order valence-corrected chi connectivity index (χ4v) is 2.01. The molecule has 0 unspecified atom stereocenters. The van der Waals surface area contributed by atoms with Crippen molar-refractivity contribution in [3.8, 4) is 0 Å². The van der Waals surface area contributed by atoms with Gasteiger partial charge in [-0.2, -0.15) is 0 Å². The molecule has 0 aliphatic carbocycles. The van der Waals surface area contributed by atoms with Gasteiger partial charge in [-0.15, -0.1) is 0 Å². The number of thiocarbonyl (C=S) groups is 1. The van der Waals surface area contributed by atoms with Crippen molar-refractivity contribution in [2.75, 3.05) is 11.9 Å². The fraction of sp³-hybridized carbons (Fsp3) is 0.533. The van der Waals surface area contributed by atoms with Crippen LogP contribution >= 0.6 is 12.2 Å². The molecule has 0 aliphatic rings. The minimum Gasteiger partial charge on any atom is -0.357 e. The van der Waals surface area contributed by atoms with Crippen molar-refractivity contribution in [3.63, 3.8) is 0 Å². The molecule has 0 fully saturated rings. The van der Waals surface area contributed by atoms with Crippen LogP contribution in [-0.4, -0.2) is 17.7 Å². The van der Waals surface area contributed by atoms with Crippen LogP contribution in [0.1, 0.15) is 39.2 Å². The maximum Gasteiger partial charge on any atom is 0.173 e. The summed E-state index contributed by atoms with van der Waals surface area (Å²) in [6.07, 6.45) is 2.12. The number of nitrogens with one attached hydrogen (secondary N) is 1. The van der Waals surface area contributed by atoms with Crippen LogP contribution in [0.5, 0.6) is 0 Å². The number of benzene rings is 1. The molecule has 0 heterocycles. The zero-order valence-electron chi connectivity index (χ0n) is 12.1. The molecule has 2 nitrogen and oxygen atoms in total. The normalized spacial score (nSPS) is 11.2. The Morgan fingerprint density at radius 3 is 2.17 bits per heavy atom. The Morgan fingerprint density at radius 1 is 1.22 bits per heavy atom. The van der Waals surface area contributed by atoms with E-state index in [-0.39, 0.29) is 5.54 Å². The Morgan fingerprint density at radius 2 is 1.72 bits per heavy atom. The predicted molar refractivity (Wildman–Crippen MR) is 84.3 cm³/mol. The van der Waals surface area contributed by atoms with E-state index >= 15 is 0 Å². The Labute approximate surface area is 116 Å². The molecule has 0 saturated heterocycles. The van der Waals surface area contributed by atoms with Gasteiger partial charge in [-0.25, -0.2) is 0 Å². The maximum absolute atomic E-state index is 5.49. The number of hydrogen-bond acceptors (Lipinski definition) is 1. The first-order valence-electron chi connectivity index (χ1n) is 6.54. The van der Waals surface area contributed by atoms with E-state index in [2.05, 4.69) is 57.3 Å². The first-order chi connectivity index (χ1) is 8.41. The van der Waals surface area contributed by atoms with Crippen LogP contribution in [0, 0.1) is 6.92 Å². The smallest absolute Gasteiger partial charge is 0.173 e. The van der Waals surface area contributed by atoms with E-state index in [4.69, 9.17) is 12.2 Å². The van der Waals surface area contributed by atoms with Gasteiger partial charge in [0.25, 0.3) is 0 Å². The molecule has 1 aromatic carbocycles. The molecule has 0 saturated carbocycles. The quantitative estimate of drug-likeness (QED) is 0.831. The van der Waals surface area contributed by atoms with Crippen molar-refractivity contribution in [2.24, 2.45) is 0 Å². The third-order valence-corrected chi connectivity index (χ3v) is 4.07. The van der Waals surface area contributed by atoms with Gasteiger partial charge in [0, 0.05) is 18.3 Å². The van der Waals surface area contributed by atoms with Crippen LogP contribution in [0.15, 0.2) is 24.3 Å². The number of anilines is 1. The Bertz CT molecular complexity index is 393. The van der Waals surface area contributed by atoms with Crippen molar-refractivity contribution < 1.29 is 0 Å². The second-order valence-corrected chi connectivity index (χ2v) is 5.48. The summed E-state index contributed by atoms with van der Waals surface area (Å²) in [7, 11) is 2.01. The highest BCUT2D eigenvalue weighted by Gasteiger charge is 2.21. The largest absolute Gasteiger partial charge is 0.357 e. The highest BCUT2D eigenvalue weighted by molar-refractivity contribution is 7.80. The van der Waals surface area contributed by atoms with E-state index in [0.717, 1.165) is 23.6 Å². The van der Waals surface area contributed by atoms with Gasteiger partial charge < -0.3 is 10.2 Å². The Hall–Kier alpha value is -1.09. The van der Waals surface area contributed by atoms with Gasteiger partial charge in [-0.05, 0) is 51.0 Å². The molecule has 0 atom stereocenters. The maximum atomic E-state index is 5.49. The van der Waals surface area contributed by atoms with Crippen LogP contribution in [-0.2, 0) is 0 Å². The molecule has 3 heteroatoms. The van der Waals surface area contributed by atoms with Crippen molar-refractivity contribution >= 4 is 23.0 Å². The highest BCUT2D eigenvalue weighted by Crippen LogP contribution is 2.17. The first kappa shape index (κ1) is 15.0. The minimum atomic E-state index is 0.0794. The number of rotatable bonds is 4. The molecule has 0 amide bonds. The van der Waals surface area contributed by atoms with Gasteiger partial charge in [0.2, 0.25) is 0 Å². The Kier molecular flexibility index (Phi) is 5.15. The lowest BCUT2D eigenvalue weighted by atomic mass is 9.96. The van der Waals surface area contributed by atoms with E-state index in [1.807, 2.05) is 11.9 Å². The second-order valence-electron chi connectivity index (χ2n) is 5.09. The van der Waals surface area contributed by atoms with E-state index in [0.29, 0.717) is 0 Å². The zero-order valence-corrected chi connectivity index (χ0v) is 12.9. The van der Waals surface area contributed by atoms with Crippen molar-refractivity contribution in [2.45, 2.75) is 46.1 Å². The first-order valence-corrected chi connectivity index (χ1v) is 6.95. The van der Waals surface area contributed by atoms with Gasteiger partial charge in [-0.3, -0.25) is 0 Å². The molecule has 0 bridgehead atoms. The van der Waals surface area contributed by atoms with Crippen LogP contribution in [0.4, 0.5) is 5.69 Å². The number of aryl methyl sites for hydroxylation is 1. The fourth-order valence-electron chi connectivity index (χ4n) is 1.65. The molecule has 1 rings (SSSR count). The molecular weight excluding hydrogens is 240 g/mol. The van der Waals surface area contributed by atoms with Gasteiger partial charge in [-0.1, -0.05) is 31.5 Å². The molecule has 18 heavy (non-hydrogen) atoms. The van der Waals surface area contributed by atoms with Crippen LogP contribution in [0.3, 0.4) is 0 Å². The average Bonchev–Trinajstić information content (AvgIpc) is 2.38. The van der Waals surface area contributed by atoms with Gasteiger partial charge in [0.1, 0.15) is 0 Å². The SMILES string of the molecule is CCC(C)(CC)NC(=S)N(C)c1ccc(C)cc1. The lowest BCUT2D eigenvalue weighted by Gasteiger charge is -2.33. The number of hydrogen-bond donors (Lipinski definition) is 1. The van der Waals surface area contributed by atoms with E-state index in [9.17, 15) is 0 Å². The molecule has 0 radical (unpaired) electrons. The number of nitrogens with zero attached hydrogens (tertiary/aromatic N) is 1. The van der Waals surface area contributed by atoms with E-state index in [1.165, 1.54) is 5.56 Å². The summed E-state index contributed by atoms with van der Waals surface area (Å²) in [5.74, 6) is 0. The predicted octanol–water partition coefficient (Wildman–Crippen LogP) is 3.88. The minimum absolute atomic E-state index is 0.0794. The van der Waals surface area contributed by atoms with Gasteiger partial charge >= 0.3 is 0 Å². The topological polar surface area (TPSA) is 15.3 Å². The summed E-state index contributed by atoms with van der Waals surface area (Å²) in [5, 5.41) is 4.25. The molecular formula is C15H24N2S. The standard InChI is InChI=1S/C15H24N2S/c1-6-15(4,7-2)16-14(18)17(5)13-10-8-12(3)9-11-13/h8-11H,6-7H2,1-5H3,(H,16,18). The summed E-state index contributed by atoms with van der Waals surface area (Å²) in [6.45, 7) is 8.67. The van der Waals surface area contributed by atoms with Crippen molar-refractivity contribution in [1.29, 1.82) is 0 Å². The van der Waals surface area contributed by atoms with Crippen LogP contribution in [0.2, 0.25) is 0 Å². The second kappa shape index (κ2) is 6.19. The van der Waals surface area contributed by atoms with E-state index in [1.54, 1.807) is 0 Å². The monoisotopic (exact) mass is 264 g/mol. The molecule has 0 aliphatic heterocycles. The summed E-state index contributed by atoms with van der Waals surface area (Å²) < 4.78 is 0. The summed E-state index contributed by atoms with van der Waals surface area (Å²) in [4.78, 5) is 2.03.